The van der Waals surface area contributed by atoms with Gasteiger partial charge in [0.1, 0.15) is 0 Å². The van der Waals surface area contributed by atoms with Crippen LogP contribution >= 0.6 is 0 Å². The molecule has 0 radical (unpaired) electrons. The number of pyridine rings is 1. The minimum atomic E-state index is 0.0902. The number of rotatable bonds is 3. The van der Waals surface area contributed by atoms with E-state index >= 15 is 0 Å². The van der Waals surface area contributed by atoms with Crippen LogP contribution in [-0.4, -0.2) is 23.7 Å². The van der Waals surface area contributed by atoms with E-state index in [0.717, 1.165) is 31.6 Å². The molecule has 0 aliphatic carbocycles. The molecule has 1 aliphatic rings. The van der Waals surface area contributed by atoms with E-state index < -0.39 is 0 Å². The van der Waals surface area contributed by atoms with E-state index in [-0.39, 0.29) is 12.1 Å². The number of nitrogens with two attached hydrogens (primary N) is 1. The van der Waals surface area contributed by atoms with Crippen molar-refractivity contribution in [3.8, 4) is 0 Å². The summed E-state index contributed by atoms with van der Waals surface area (Å²) in [5, 5.41) is 0. The normalized spacial score (nSPS) is 23.6. The Hall–Kier alpha value is -0.930. The lowest BCUT2D eigenvalue weighted by Gasteiger charge is -2.17. The van der Waals surface area contributed by atoms with Crippen LogP contribution in [0.5, 0.6) is 0 Å². The number of aromatic nitrogens is 1. The number of hydrogen-bond acceptors (Lipinski definition) is 3. The molecule has 2 heterocycles. The van der Waals surface area contributed by atoms with Gasteiger partial charge in [-0.05, 0) is 25.0 Å². The smallest absolute Gasteiger partial charge is 0.0730 e. The van der Waals surface area contributed by atoms with Crippen molar-refractivity contribution in [1.29, 1.82) is 0 Å². The minimum absolute atomic E-state index is 0.0902. The standard InChI is InChI=1S/C11H16N2O/c12-10(11-5-3-7-14-11)8-9-4-1-2-6-13-9/h1-2,4,6,10-11H,3,5,7-8,12H2. The first-order chi connectivity index (χ1) is 6.86. The molecule has 1 aromatic rings. The van der Waals surface area contributed by atoms with Crippen molar-refractivity contribution in [2.75, 3.05) is 6.61 Å². The number of nitrogens with zero attached hydrogens (tertiary/aromatic N) is 1. The van der Waals surface area contributed by atoms with Gasteiger partial charge < -0.3 is 10.5 Å². The second kappa shape index (κ2) is 4.53. The zero-order valence-corrected chi connectivity index (χ0v) is 8.23. The average Bonchev–Trinajstić information content (AvgIpc) is 2.72. The lowest BCUT2D eigenvalue weighted by atomic mass is 10.0. The SMILES string of the molecule is NC(Cc1ccccn1)C1CCCO1. The first kappa shape index (κ1) is 9.62. The van der Waals surface area contributed by atoms with E-state index in [1.54, 1.807) is 6.20 Å². The minimum Gasteiger partial charge on any atom is -0.377 e. The Kier molecular flexibility index (Phi) is 3.11. The first-order valence-corrected chi connectivity index (χ1v) is 5.13. The molecule has 2 atom stereocenters. The lowest BCUT2D eigenvalue weighted by Crippen LogP contribution is -2.36. The highest BCUT2D eigenvalue weighted by Crippen LogP contribution is 2.16. The predicted molar refractivity (Wildman–Crippen MR) is 54.9 cm³/mol. The van der Waals surface area contributed by atoms with E-state index in [1.807, 2.05) is 18.2 Å². The van der Waals surface area contributed by atoms with Gasteiger partial charge in [0.15, 0.2) is 0 Å². The second-order valence-electron chi connectivity index (χ2n) is 3.74. The third-order valence-corrected chi connectivity index (χ3v) is 2.61. The lowest BCUT2D eigenvalue weighted by molar-refractivity contribution is 0.0897. The zero-order chi connectivity index (χ0) is 9.80. The second-order valence-corrected chi connectivity index (χ2v) is 3.74. The Morgan fingerprint density at radius 2 is 2.50 bits per heavy atom. The van der Waals surface area contributed by atoms with Crippen molar-refractivity contribution in [2.45, 2.75) is 31.4 Å². The van der Waals surface area contributed by atoms with Crippen LogP contribution in [0.25, 0.3) is 0 Å². The molecule has 0 bridgehead atoms. The van der Waals surface area contributed by atoms with Crippen LogP contribution in [0, 0.1) is 0 Å². The monoisotopic (exact) mass is 192 g/mol. The van der Waals surface area contributed by atoms with Gasteiger partial charge in [0.2, 0.25) is 0 Å². The highest BCUT2D eigenvalue weighted by Gasteiger charge is 2.22. The molecular weight excluding hydrogens is 176 g/mol. The Bertz CT molecular complexity index is 270. The summed E-state index contributed by atoms with van der Waals surface area (Å²) < 4.78 is 5.53. The summed E-state index contributed by atoms with van der Waals surface area (Å²) in [5.74, 6) is 0. The fourth-order valence-corrected chi connectivity index (χ4v) is 1.83. The molecule has 0 saturated carbocycles. The molecule has 0 amide bonds. The van der Waals surface area contributed by atoms with Gasteiger partial charge in [0, 0.05) is 31.0 Å². The molecule has 14 heavy (non-hydrogen) atoms. The topological polar surface area (TPSA) is 48.1 Å². The van der Waals surface area contributed by atoms with Crippen molar-refractivity contribution >= 4 is 0 Å². The van der Waals surface area contributed by atoms with E-state index in [2.05, 4.69) is 4.98 Å². The van der Waals surface area contributed by atoms with Crippen LogP contribution in [0.1, 0.15) is 18.5 Å². The maximum Gasteiger partial charge on any atom is 0.0730 e. The maximum atomic E-state index is 6.05. The van der Waals surface area contributed by atoms with Crippen LogP contribution in [0.3, 0.4) is 0 Å². The largest absolute Gasteiger partial charge is 0.377 e. The first-order valence-electron chi connectivity index (χ1n) is 5.13. The van der Waals surface area contributed by atoms with Gasteiger partial charge in [-0.25, -0.2) is 0 Å². The Balaban J connectivity index is 1.90. The highest BCUT2D eigenvalue weighted by atomic mass is 16.5. The fourth-order valence-electron chi connectivity index (χ4n) is 1.83. The number of hydrogen-bond donors (Lipinski definition) is 1. The van der Waals surface area contributed by atoms with Gasteiger partial charge in [0.25, 0.3) is 0 Å². The molecule has 2 unspecified atom stereocenters. The van der Waals surface area contributed by atoms with Gasteiger partial charge in [-0.3, -0.25) is 4.98 Å². The maximum absolute atomic E-state index is 6.05. The van der Waals surface area contributed by atoms with Gasteiger partial charge in [-0.15, -0.1) is 0 Å². The zero-order valence-electron chi connectivity index (χ0n) is 8.23. The molecule has 3 nitrogen and oxygen atoms in total. The molecule has 2 rings (SSSR count). The Morgan fingerprint density at radius 3 is 3.14 bits per heavy atom. The molecule has 1 fully saturated rings. The van der Waals surface area contributed by atoms with E-state index in [9.17, 15) is 0 Å². The van der Waals surface area contributed by atoms with E-state index in [1.165, 1.54) is 0 Å². The summed E-state index contributed by atoms with van der Waals surface area (Å²) in [6.45, 7) is 0.862. The predicted octanol–water partition coefficient (Wildman–Crippen LogP) is 1.13. The third kappa shape index (κ3) is 2.30. The van der Waals surface area contributed by atoms with Gasteiger partial charge in [0.05, 0.1) is 6.10 Å². The highest BCUT2D eigenvalue weighted by molar-refractivity contribution is 5.05. The summed E-state index contributed by atoms with van der Waals surface area (Å²) in [6, 6.07) is 6.01. The third-order valence-electron chi connectivity index (χ3n) is 2.61. The summed E-state index contributed by atoms with van der Waals surface area (Å²) in [6.07, 6.45) is 5.08. The van der Waals surface area contributed by atoms with Gasteiger partial charge in [-0.1, -0.05) is 6.07 Å². The van der Waals surface area contributed by atoms with Crippen LogP contribution in [0.2, 0.25) is 0 Å². The van der Waals surface area contributed by atoms with Crippen molar-refractivity contribution in [1.82, 2.24) is 4.98 Å². The fraction of sp³-hybridized carbons (Fsp3) is 0.545. The van der Waals surface area contributed by atoms with Crippen LogP contribution in [0.4, 0.5) is 0 Å². The van der Waals surface area contributed by atoms with Crippen molar-refractivity contribution < 1.29 is 4.74 Å². The summed E-state index contributed by atoms with van der Waals surface area (Å²) in [4.78, 5) is 4.25. The van der Waals surface area contributed by atoms with Gasteiger partial charge in [-0.2, -0.15) is 0 Å². The van der Waals surface area contributed by atoms with Crippen molar-refractivity contribution in [2.24, 2.45) is 5.73 Å². The van der Waals surface area contributed by atoms with E-state index in [4.69, 9.17) is 10.5 Å². The quantitative estimate of drug-likeness (QED) is 0.781. The summed E-state index contributed by atoms with van der Waals surface area (Å²) in [5.41, 5.74) is 7.10. The molecule has 1 aromatic heterocycles. The Morgan fingerprint density at radius 1 is 1.57 bits per heavy atom. The molecule has 1 saturated heterocycles. The molecule has 1 aliphatic heterocycles. The summed E-state index contributed by atoms with van der Waals surface area (Å²) in [7, 11) is 0. The van der Waals surface area contributed by atoms with Crippen LogP contribution < -0.4 is 5.73 Å². The van der Waals surface area contributed by atoms with Crippen LogP contribution in [-0.2, 0) is 11.2 Å². The summed E-state index contributed by atoms with van der Waals surface area (Å²) >= 11 is 0. The van der Waals surface area contributed by atoms with E-state index in [0.29, 0.717) is 0 Å². The molecule has 2 N–H and O–H groups in total. The van der Waals surface area contributed by atoms with Crippen molar-refractivity contribution in [3.05, 3.63) is 30.1 Å². The molecule has 3 heteroatoms. The van der Waals surface area contributed by atoms with Gasteiger partial charge >= 0.3 is 0 Å². The van der Waals surface area contributed by atoms with Crippen molar-refractivity contribution in [3.63, 3.8) is 0 Å². The van der Waals surface area contributed by atoms with Crippen LogP contribution in [0.15, 0.2) is 24.4 Å². The Labute approximate surface area is 84.3 Å². The average molecular weight is 192 g/mol. The molecule has 76 valence electrons. The molecular formula is C11H16N2O. The number of ether oxygens (including phenoxy) is 1. The molecule has 0 spiro atoms. The molecule has 0 aromatic carbocycles.